The molecule has 1 nitrogen and oxygen atoms in total. The van der Waals surface area contributed by atoms with Crippen LogP contribution in [0.25, 0.3) is 12.2 Å². The molecule has 1 aromatic rings. The van der Waals surface area contributed by atoms with Gasteiger partial charge >= 0.3 is 0 Å². The molecule has 0 heterocycles. The molecule has 0 bridgehead atoms. The first-order valence-corrected chi connectivity index (χ1v) is 7.63. The van der Waals surface area contributed by atoms with Crippen molar-refractivity contribution in [2.45, 2.75) is 46.0 Å². The van der Waals surface area contributed by atoms with Gasteiger partial charge in [-0.1, -0.05) is 56.0 Å². The van der Waals surface area contributed by atoms with Gasteiger partial charge in [-0.2, -0.15) is 0 Å². The van der Waals surface area contributed by atoms with Crippen LogP contribution in [0.4, 0.5) is 0 Å². The molecular weight excluding hydrogens is 244 g/mol. The van der Waals surface area contributed by atoms with Crippen LogP contribution in [0, 0.1) is 5.92 Å². The molecule has 0 amide bonds. The van der Waals surface area contributed by atoms with E-state index < -0.39 is 0 Å². The highest BCUT2D eigenvalue weighted by Crippen LogP contribution is 2.29. The van der Waals surface area contributed by atoms with Crippen LogP contribution in [0.2, 0.25) is 0 Å². The summed E-state index contributed by atoms with van der Waals surface area (Å²) in [6.07, 6.45) is 14.5. The van der Waals surface area contributed by atoms with Crippen molar-refractivity contribution in [1.82, 2.24) is 0 Å². The highest BCUT2D eigenvalue weighted by Gasteiger charge is 2.16. The zero-order valence-corrected chi connectivity index (χ0v) is 12.6. The SMILES string of the molecule is C/C=C\c1cc(/C=C/C(C)=O)ccc1CC1CCCC1. The van der Waals surface area contributed by atoms with Crippen molar-refractivity contribution >= 4 is 17.9 Å². The van der Waals surface area contributed by atoms with Gasteiger partial charge in [-0.3, -0.25) is 4.79 Å². The van der Waals surface area contributed by atoms with Gasteiger partial charge < -0.3 is 0 Å². The summed E-state index contributed by atoms with van der Waals surface area (Å²) in [5.74, 6) is 0.949. The van der Waals surface area contributed by atoms with E-state index in [1.165, 1.54) is 43.2 Å². The summed E-state index contributed by atoms with van der Waals surface area (Å²) in [6, 6.07) is 6.54. The van der Waals surface area contributed by atoms with Crippen LogP contribution in [-0.2, 0) is 11.2 Å². The maximum absolute atomic E-state index is 11.0. The Morgan fingerprint density at radius 2 is 2.00 bits per heavy atom. The number of ketones is 1. The van der Waals surface area contributed by atoms with Gasteiger partial charge in [0, 0.05) is 0 Å². The van der Waals surface area contributed by atoms with Crippen LogP contribution in [0.3, 0.4) is 0 Å². The minimum Gasteiger partial charge on any atom is -0.295 e. The van der Waals surface area contributed by atoms with Crippen molar-refractivity contribution in [2.75, 3.05) is 0 Å². The fourth-order valence-corrected chi connectivity index (χ4v) is 2.98. The summed E-state index contributed by atoms with van der Waals surface area (Å²) < 4.78 is 0. The summed E-state index contributed by atoms with van der Waals surface area (Å²) in [5, 5.41) is 0. The zero-order valence-electron chi connectivity index (χ0n) is 12.6. The van der Waals surface area contributed by atoms with Gasteiger partial charge in [0.15, 0.2) is 5.78 Å². The molecule has 0 atom stereocenters. The summed E-state index contributed by atoms with van der Waals surface area (Å²) in [7, 11) is 0. The average molecular weight is 268 g/mol. The lowest BCUT2D eigenvalue weighted by molar-refractivity contribution is -0.112. The molecule has 1 aliphatic carbocycles. The molecule has 0 spiro atoms. The Bertz CT molecular complexity index is 517. The zero-order chi connectivity index (χ0) is 14.4. The highest BCUT2D eigenvalue weighted by molar-refractivity contribution is 5.91. The third-order valence-corrected chi connectivity index (χ3v) is 4.01. The Morgan fingerprint density at radius 1 is 1.25 bits per heavy atom. The second-order valence-electron chi connectivity index (χ2n) is 5.76. The van der Waals surface area contributed by atoms with E-state index in [0.29, 0.717) is 0 Å². The molecule has 0 saturated heterocycles. The lowest BCUT2D eigenvalue weighted by atomic mass is 9.93. The molecule has 106 valence electrons. The smallest absolute Gasteiger partial charge is 0.152 e. The molecule has 0 radical (unpaired) electrons. The largest absolute Gasteiger partial charge is 0.295 e. The average Bonchev–Trinajstić information content (AvgIpc) is 2.92. The number of carbonyl (C=O) groups excluding carboxylic acids is 1. The molecule has 1 aliphatic rings. The van der Waals surface area contributed by atoms with Gasteiger partial charge in [-0.05, 0) is 55.0 Å². The second kappa shape index (κ2) is 7.23. The maximum Gasteiger partial charge on any atom is 0.152 e. The van der Waals surface area contributed by atoms with E-state index in [4.69, 9.17) is 0 Å². The minimum absolute atomic E-state index is 0.0904. The number of hydrogen-bond acceptors (Lipinski definition) is 1. The lowest BCUT2D eigenvalue weighted by Gasteiger charge is -2.12. The van der Waals surface area contributed by atoms with E-state index in [0.717, 1.165) is 11.5 Å². The molecule has 0 aliphatic heterocycles. The monoisotopic (exact) mass is 268 g/mol. The fraction of sp³-hybridized carbons (Fsp3) is 0.421. The van der Waals surface area contributed by atoms with Crippen LogP contribution in [0.15, 0.2) is 30.4 Å². The predicted molar refractivity (Wildman–Crippen MR) is 86.5 cm³/mol. The lowest BCUT2D eigenvalue weighted by Crippen LogP contribution is -2.01. The Morgan fingerprint density at radius 3 is 2.65 bits per heavy atom. The Hall–Kier alpha value is -1.63. The minimum atomic E-state index is 0.0904. The molecule has 1 fully saturated rings. The molecule has 1 aromatic carbocycles. The molecule has 1 heteroatoms. The van der Waals surface area contributed by atoms with Gasteiger partial charge in [0.2, 0.25) is 0 Å². The van der Waals surface area contributed by atoms with Crippen LogP contribution < -0.4 is 0 Å². The Labute approximate surface area is 122 Å². The van der Waals surface area contributed by atoms with Crippen molar-refractivity contribution in [3.63, 3.8) is 0 Å². The molecule has 20 heavy (non-hydrogen) atoms. The Balaban J connectivity index is 2.20. The van der Waals surface area contributed by atoms with Crippen molar-refractivity contribution in [3.05, 3.63) is 47.0 Å². The number of allylic oxidation sites excluding steroid dienone is 2. The summed E-state index contributed by atoms with van der Waals surface area (Å²) in [4.78, 5) is 11.0. The predicted octanol–water partition coefficient (Wildman–Crippen LogP) is 5.05. The molecule has 0 unspecified atom stereocenters. The molecule has 0 aromatic heterocycles. The van der Waals surface area contributed by atoms with Gasteiger partial charge in [0.05, 0.1) is 0 Å². The van der Waals surface area contributed by atoms with E-state index in [9.17, 15) is 4.79 Å². The Kier molecular flexibility index (Phi) is 5.34. The van der Waals surface area contributed by atoms with Gasteiger partial charge in [0.25, 0.3) is 0 Å². The molecular formula is C19H24O. The highest BCUT2D eigenvalue weighted by atomic mass is 16.1. The number of rotatable bonds is 5. The number of hydrogen-bond donors (Lipinski definition) is 0. The fourth-order valence-electron chi connectivity index (χ4n) is 2.98. The van der Waals surface area contributed by atoms with E-state index in [2.05, 4.69) is 37.3 Å². The third-order valence-electron chi connectivity index (χ3n) is 4.01. The first kappa shape index (κ1) is 14.8. The standard InChI is InChI=1S/C19H24O/c1-3-6-18-14-17(10-9-15(2)20)11-12-19(18)13-16-7-4-5-8-16/h3,6,9-12,14,16H,4-5,7-8,13H2,1-2H3/b6-3-,10-9+. The number of carbonyl (C=O) groups is 1. The van der Waals surface area contributed by atoms with Crippen LogP contribution >= 0.6 is 0 Å². The van der Waals surface area contributed by atoms with E-state index in [-0.39, 0.29) is 5.78 Å². The van der Waals surface area contributed by atoms with Gasteiger partial charge in [0.1, 0.15) is 0 Å². The molecule has 1 saturated carbocycles. The first-order valence-electron chi connectivity index (χ1n) is 7.63. The second-order valence-corrected chi connectivity index (χ2v) is 5.76. The topological polar surface area (TPSA) is 17.1 Å². The van der Waals surface area contributed by atoms with Crippen LogP contribution in [0.1, 0.15) is 56.2 Å². The van der Waals surface area contributed by atoms with E-state index in [1.807, 2.05) is 6.08 Å². The third kappa shape index (κ3) is 4.19. The van der Waals surface area contributed by atoms with E-state index >= 15 is 0 Å². The van der Waals surface area contributed by atoms with Gasteiger partial charge in [-0.15, -0.1) is 0 Å². The van der Waals surface area contributed by atoms with Crippen LogP contribution in [-0.4, -0.2) is 5.78 Å². The normalized spacial score (nSPS) is 16.5. The molecule has 0 N–H and O–H groups in total. The molecule has 2 rings (SSSR count). The van der Waals surface area contributed by atoms with Crippen molar-refractivity contribution in [2.24, 2.45) is 5.92 Å². The quantitative estimate of drug-likeness (QED) is 0.683. The maximum atomic E-state index is 11.0. The van der Waals surface area contributed by atoms with Gasteiger partial charge in [-0.25, -0.2) is 0 Å². The number of benzene rings is 1. The van der Waals surface area contributed by atoms with E-state index in [1.54, 1.807) is 13.0 Å². The first-order chi connectivity index (χ1) is 9.69. The summed E-state index contributed by atoms with van der Waals surface area (Å²) in [5.41, 5.74) is 3.84. The van der Waals surface area contributed by atoms with Crippen molar-refractivity contribution in [1.29, 1.82) is 0 Å². The van der Waals surface area contributed by atoms with Crippen molar-refractivity contribution in [3.8, 4) is 0 Å². The van der Waals surface area contributed by atoms with Crippen LogP contribution in [0.5, 0.6) is 0 Å². The summed E-state index contributed by atoms with van der Waals surface area (Å²) >= 11 is 0. The van der Waals surface area contributed by atoms with Crippen molar-refractivity contribution < 1.29 is 4.79 Å². The summed E-state index contributed by atoms with van der Waals surface area (Å²) in [6.45, 7) is 3.63.